The van der Waals surface area contributed by atoms with Crippen molar-refractivity contribution in [1.82, 2.24) is 0 Å². The van der Waals surface area contributed by atoms with Crippen LogP contribution < -0.4 is 0 Å². The van der Waals surface area contributed by atoms with E-state index in [4.69, 9.17) is 0 Å². The molecule has 0 aromatic heterocycles. The highest BCUT2D eigenvalue weighted by molar-refractivity contribution is 5.00. The summed E-state index contributed by atoms with van der Waals surface area (Å²) in [6.45, 7) is 12.3. The second-order valence-electron chi connectivity index (χ2n) is 8.27. The van der Waals surface area contributed by atoms with Crippen molar-refractivity contribution in [1.29, 1.82) is 0 Å². The van der Waals surface area contributed by atoms with Crippen LogP contribution in [0.2, 0.25) is 0 Å². The highest BCUT2D eigenvalue weighted by Crippen LogP contribution is 2.61. The summed E-state index contributed by atoms with van der Waals surface area (Å²) in [5.74, 6) is 0.834. The second-order valence-corrected chi connectivity index (χ2v) is 8.27. The lowest BCUT2D eigenvalue weighted by molar-refractivity contribution is -0.0455. The zero-order valence-corrected chi connectivity index (χ0v) is 12.7. The van der Waals surface area contributed by atoms with E-state index in [-0.39, 0.29) is 0 Å². The molecule has 0 saturated heterocycles. The van der Waals surface area contributed by atoms with Gasteiger partial charge in [0.05, 0.1) is 0 Å². The minimum atomic E-state index is 0.474. The molecule has 0 aromatic carbocycles. The summed E-state index contributed by atoms with van der Waals surface area (Å²) in [6.07, 6.45) is 12.1. The maximum absolute atomic E-state index is 2.47. The number of hydrogen-bond acceptors (Lipinski definition) is 0. The van der Waals surface area contributed by atoms with E-state index < -0.39 is 0 Å². The molecule has 0 heterocycles. The van der Waals surface area contributed by atoms with Crippen molar-refractivity contribution in [2.45, 2.75) is 86.0 Å². The van der Waals surface area contributed by atoms with Crippen molar-refractivity contribution >= 4 is 0 Å². The summed E-state index contributed by atoms with van der Waals surface area (Å²) in [4.78, 5) is 0. The van der Waals surface area contributed by atoms with Crippen molar-refractivity contribution in [3.05, 3.63) is 0 Å². The molecule has 0 bridgehead atoms. The summed E-state index contributed by atoms with van der Waals surface area (Å²) < 4.78 is 0. The average molecular weight is 236 g/mol. The van der Waals surface area contributed by atoms with Gasteiger partial charge in [-0.3, -0.25) is 0 Å². The van der Waals surface area contributed by atoms with Gasteiger partial charge in [0.25, 0.3) is 0 Å². The van der Waals surface area contributed by atoms with Crippen LogP contribution in [0.15, 0.2) is 0 Å². The van der Waals surface area contributed by atoms with Crippen molar-refractivity contribution in [2.24, 2.45) is 22.2 Å². The highest BCUT2D eigenvalue weighted by atomic mass is 14.5. The molecule has 0 atom stereocenters. The maximum Gasteiger partial charge on any atom is -0.0225 e. The third-order valence-electron chi connectivity index (χ3n) is 6.47. The molecule has 0 nitrogen and oxygen atoms in total. The zero-order chi connectivity index (χ0) is 12.7. The molecule has 0 heteroatoms. The predicted octanol–water partition coefficient (Wildman–Crippen LogP) is 5.81. The first-order valence-corrected chi connectivity index (χ1v) is 7.81. The summed E-state index contributed by atoms with van der Waals surface area (Å²) in [5, 5.41) is 0. The molecule has 0 amide bonds. The SMILES string of the molecule is CC(C)C1(C(C)(C)C)CCC2(CCCC2)CC1. The molecule has 100 valence electrons. The van der Waals surface area contributed by atoms with Gasteiger partial charge in [0.15, 0.2) is 0 Å². The van der Waals surface area contributed by atoms with Crippen molar-refractivity contribution < 1.29 is 0 Å². The predicted molar refractivity (Wildman–Crippen MR) is 76.1 cm³/mol. The lowest BCUT2D eigenvalue weighted by Crippen LogP contribution is -2.45. The van der Waals surface area contributed by atoms with Crippen molar-refractivity contribution in [3.8, 4) is 0 Å². The van der Waals surface area contributed by atoms with Gasteiger partial charge in [-0.1, -0.05) is 47.5 Å². The first-order chi connectivity index (χ1) is 7.81. The average Bonchev–Trinajstić information content (AvgIpc) is 2.66. The maximum atomic E-state index is 2.47. The quantitative estimate of drug-likeness (QED) is 0.539. The molecule has 0 aromatic rings. The first kappa shape index (κ1) is 13.4. The topological polar surface area (TPSA) is 0 Å². The largest absolute Gasteiger partial charge is 0.0622 e. The fraction of sp³-hybridized carbons (Fsp3) is 1.00. The van der Waals surface area contributed by atoms with Gasteiger partial charge in [-0.25, -0.2) is 0 Å². The summed E-state index contributed by atoms with van der Waals surface area (Å²) >= 11 is 0. The Balaban J connectivity index is 2.13. The van der Waals surface area contributed by atoms with Crippen LogP contribution in [0, 0.1) is 22.2 Å². The van der Waals surface area contributed by atoms with Crippen LogP contribution >= 0.6 is 0 Å². The first-order valence-electron chi connectivity index (χ1n) is 7.81. The molecule has 0 unspecified atom stereocenters. The van der Waals surface area contributed by atoms with Crippen LogP contribution in [0.3, 0.4) is 0 Å². The monoisotopic (exact) mass is 236 g/mol. The van der Waals surface area contributed by atoms with E-state index in [1.165, 1.54) is 51.4 Å². The Morgan fingerprint density at radius 1 is 0.765 bits per heavy atom. The molecule has 2 saturated carbocycles. The van der Waals surface area contributed by atoms with E-state index in [0.29, 0.717) is 10.8 Å². The van der Waals surface area contributed by atoms with E-state index in [1.807, 2.05) is 0 Å². The molecular weight excluding hydrogens is 204 g/mol. The Bertz CT molecular complexity index is 250. The summed E-state index contributed by atoms with van der Waals surface area (Å²) in [6, 6.07) is 0. The minimum absolute atomic E-state index is 0.474. The number of hydrogen-bond donors (Lipinski definition) is 0. The Kier molecular flexibility index (Phi) is 3.38. The van der Waals surface area contributed by atoms with E-state index in [0.717, 1.165) is 11.3 Å². The van der Waals surface area contributed by atoms with Gasteiger partial charge in [-0.15, -0.1) is 0 Å². The van der Waals surface area contributed by atoms with Crippen LogP contribution in [-0.4, -0.2) is 0 Å². The molecule has 2 aliphatic rings. The third-order valence-corrected chi connectivity index (χ3v) is 6.47. The molecule has 17 heavy (non-hydrogen) atoms. The van der Waals surface area contributed by atoms with E-state index in [1.54, 1.807) is 0 Å². The molecular formula is C17H32. The van der Waals surface area contributed by atoms with Gasteiger partial charge in [0.2, 0.25) is 0 Å². The van der Waals surface area contributed by atoms with Gasteiger partial charge in [0, 0.05) is 0 Å². The molecule has 1 spiro atoms. The number of rotatable bonds is 1. The highest BCUT2D eigenvalue weighted by Gasteiger charge is 2.50. The third kappa shape index (κ3) is 2.17. The summed E-state index contributed by atoms with van der Waals surface area (Å²) in [7, 11) is 0. The van der Waals surface area contributed by atoms with E-state index in [2.05, 4.69) is 34.6 Å². The molecule has 2 rings (SSSR count). The van der Waals surface area contributed by atoms with E-state index in [9.17, 15) is 0 Å². The lowest BCUT2D eigenvalue weighted by atomic mass is 9.50. The molecule has 0 aliphatic heterocycles. The fourth-order valence-corrected chi connectivity index (χ4v) is 5.04. The van der Waals surface area contributed by atoms with Gasteiger partial charge in [-0.05, 0) is 60.7 Å². The lowest BCUT2D eigenvalue weighted by Gasteiger charge is -2.55. The van der Waals surface area contributed by atoms with Crippen LogP contribution in [0.1, 0.15) is 86.0 Å². The van der Waals surface area contributed by atoms with Crippen molar-refractivity contribution in [2.75, 3.05) is 0 Å². The van der Waals surface area contributed by atoms with Crippen LogP contribution in [-0.2, 0) is 0 Å². The smallest absolute Gasteiger partial charge is 0.0225 e. The van der Waals surface area contributed by atoms with Crippen molar-refractivity contribution in [3.63, 3.8) is 0 Å². The molecule has 2 fully saturated rings. The van der Waals surface area contributed by atoms with E-state index >= 15 is 0 Å². The Hall–Kier alpha value is 0. The van der Waals surface area contributed by atoms with Gasteiger partial charge < -0.3 is 0 Å². The minimum Gasteiger partial charge on any atom is -0.0622 e. The molecule has 0 N–H and O–H groups in total. The fourth-order valence-electron chi connectivity index (χ4n) is 5.04. The summed E-state index contributed by atoms with van der Waals surface area (Å²) in [5.41, 5.74) is 1.85. The molecule has 2 aliphatic carbocycles. The van der Waals surface area contributed by atoms with Crippen LogP contribution in [0.5, 0.6) is 0 Å². The normalized spacial score (nSPS) is 27.9. The van der Waals surface area contributed by atoms with Crippen LogP contribution in [0.25, 0.3) is 0 Å². The standard InChI is InChI=1S/C17H32/c1-14(2)17(15(3,4)5)12-10-16(11-13-17)8-6-7-9-16/h14H,6-13H2,1-5H3. The second kappa shape index (κ2) is 4.28. The Morgan fingerprint density at radius 2 is 1.24 bits per heavy atom. The van der Waals surface area contributed by atoms with Crippen LogP contribution in [0.4, 0.5) is 0 Å². The zero-order valence-electron chi connectivity index (χ0n) is 12.7. The Labute approximate surface area is 109 Å². The molecule has 0 radical (unpaired) electrons. The van der Waals surface area contributed by atoms with Gasteiger partial charge >= 0.3 is 0 Å². The Morgan fingerprint density at radius 3 is 1.59 bits per heavy atom. The van der Waals surface area contributed by atoms with Gasteiger partial charge in [-0.2, -0.15) is 0 Å². The van der Waals surface area contributed by atoms with Gasteiger partial charge in [0.1, 0.15) is 0 Å².